The van der Waals surface area contributed by atoms with Crippen molar-refractivity contribution >= 4 is 17.6 Å². The predicted molar refractivity (Wildman–Crippen MR) is 126 cm³/mol. The van der Waals surface area contributed by atoms with Crippen LogP contribution in [-0.4, -0.2) is 39.2 Å². The minimum atomic E-state index is -0.462. The Hall–Kier alpha value is -3.71. The first kappa shape index (κ1) is 22.5. The van der Waals surface area contributed by atoms with Crippen molar-refractivity contribution in [2.75, 3.05) is 13.7 Å². The number of carbonyl (C=O) groups is 1. The number of rotatable bonds is 7. The van der Waals surface area contributed by atoms with Gasteiger partial charge in [0.1, 0.15) is 17.1 Å². The Kier molecular flexibility index (Phi) is 6.70. The smallest absolute Gasteiger partial charge is 0.341 e. The molecule has 4 rings (SSSR count). The molecule has 0 saturated carbocycles. The Bertz CT molecular complexity index is 1290. The van der Waals surface area contributed by atoms with E-state index >= 15 is 0 Å². The highest BCUT2D eigenvalue weighted by Crippen LogP contribution is 2.27. The van der Waals surface area contributed by atoms with Crippen LogP contribution >= 0.6 is 11.6 Å². The lowest BCUT2D eigenvalue weighted by Gasteiger charge is -2.12. The van der Waals surface area contributed by atoms with Crippen LogP contribution in [0, 0.1) is 6.92 Å². The fraction of sp³-hybridized carbons (Fsp3) is 0.200. The number of benzene rings is 2. The molecule has 0 unspecified atom stereocenters. The molecule has 0 atom stereocenters. The van der Waals surface area contributed by atoms with Crippen LogP contribution in [0.5, 0.6) is 5.75 Å². The fourth-order valence-electron chi connectivity index (χ4n) is 3.47. The zero-order valence-electron chi connectivity index (χ0n) is 18.6. The van der Waals surface area contributed by atoms with E-state index in [-0.39, 0.29) is 6.61 Å². The number of ether oxygens (including phenoxy) is 2. The van der Waals surface area contributed by atoms with Gasteiger partial charge in [0.15, 0.2) is 0 Å². The highest BCUT2D eigenvalue weighted by Gasteiger charge is 2.18. The first-order valence-electron chi connectivity index (χ1n) is 10.5. The van der Waals surface area contributed by atoms with Crippen molar-refractivity contribution in [2.24, 2.45) is 0 Å². The van der Waals surface area contributed by atoms with E-state index in [1.54, 1.807) is 32.5 Å². The molecule has 0 spiro atoms. The van der Waals surface area contributed by atoms with E-state index < -0.39 is 5.97 Å². The monoisotopic (exact) mass is 462 g/mol. The van der Waals surface area contributed by atoms with Gasteiger partial charge in [-0.15, -0.1) is 0 Å². The Morgan fingerprint density at radius 3 is 2.58 bits per heavy atom. The van der Waals surface area contributed by atoms with E-state index in [1.807, 2.05) is 48.0 Å². The van der Waals surface area contributed by atoms with E-state index in [0.29, 0.717) is 34.3 Å². The van der Waals surface area contributed by atoms with Gasteiger partial charge in [0, 0.05) is 29.4 Å². The number of aromatic nitrogens is 4. The summed E-state index contributed by atoms with van der Waals surface area (Å²) in [5.74, 6) is 0.822. The van der Waals surface area contributed by atoms with Gasteiger partial charge in [-0.2, -0.15) is 0 Å². The molecule has 168 valence electrons. The number of nitrogens with zero attached hydrogens (tertiary/aromatic N) is 4. The van der Waals surface area contributed by atoms with Crippen LogP contribution in [0.2, 0.25) is 5.02 Å². The van der Waals surface area contributed by atoms with Gasteiger partial charge in [-0.25, -0.2) is 19.7 Å². The molecule has 8 heteroatoms. The lowest BCUT2D eigenvalue weighted by Crippen LogP contribution is -2.10. The maximum absolute atomic E-state index is 12.5. The number of aryl methyl sites for hydroxylation is 1. The summed E-state index contributed by atoms with van der Waals surface area (Å²) in [5.41, 5.74) is 4.36. The van der Waals surface area contributed by atoms with Crippen LogP contribution in [0.3, 0.4) is 0 Å². The summed E-state index contributed by atoms with van der Waals surface area (Å²) >= 11 is 6.03. The van der Waals surface area contributed by atoms with Gasteiger partial charge >= 0.3 is 5.97 Å². The highest BCUT2D eigenvalue weighted by molar-refractivity contribution is 6.30. The maximum Gasteiger partial charge on any atom is 0.341 e. The molecular weight excluding hydrogens is 440 g/mol. The lowest BCUT2D eigenvalue weighted by molar-refractivity contribution is 0.0526. The quantitative estimate of drug-likeness (QED) is 0.357. The molecule has 0 radical (unpaired) electrons. The van der Waals surface area contributed by atoms with Gasteiger partial charge in [0.05, 0.1) is 37.1 Å². The second kappa shape index (κ2) is 9.83. The summed E-state index contributed by atoms with van der Waals surface area (Å²) in [6, 6.07) is 13.1. The fourth-order valence-corrected chi connectivity index (χ4v) is 3.60. The molecule has 2 heterocycles. The third-order valence-corrected chi connectivity index (χ3v) is 5.30. The van der Waals surface area contributed by atoms with Gasteiger partial charge in [-0.05, 0) is 43.7 Å². The first-order valence-corrected chi connectivity index (χ1v) is 10.8. The molecule has 33 heavy (non-hydrogen) atoms. The molecule has 2 aromatic carbocycles. The lowest BCUT2D eigenvalue weighted by atomic mass is 10.1. The molecule has 0 amide bonds. The Balaban J connectivity index is 1.69. The number of hydrogen-bond donors (Lipinski definition) is 0. The summed E-state index contributed by atoms with van der Waals surface area (Å²) in [4.78, 5) is 25.9. The van der Waals surface area contributed by atoms with Crippen molar-refractivity contribution in [2.45, 2.75) is 20.3 Å². The van der Waals surface area contributed by atoms with Crippen molar-refractivity contribution in [3.8, 4) is 22.7 Å². The molecule has 4 aromatic rings. The third-order valence-electron chi connectivity index (χ3n) is 5.05. The Labute approximate surface area is 197 Å². The average Bonchev–Trinajstić information content (AvgIpc) is 3.25. The minimum absolute atomic E-state index is 0.267. The van der Waals surface area contributed by atoms with Gasteiger partial charge in [-0.1, -0.05) is 29.8 Å². The topological polar surface area (TPSA) is 79.1 Å². The molecule has 0 bridgehead atoms. The third kappa shape index (κ3) is 5.04. The van der Waals surface area contributed by atoms with E-state index in [2.05, 4.69) is 9.97 Å². The molecule has 0 aliphatic heterocycles. The summed E-state index contributed by atoms with van der Waals surface area (Å²) in [5, 5.41) is 0.603. The second-order valence-electron chi connectivity index (χ2n) is 7.38. The molecule has 0 aliphatic rings. The van der Waals surface area contributed by atoms with Crippen LogP contribution < -0.4 is 4.74 Å². The van der Waals surface area contributed by atoms with Gasteiger partial charge in [-0.3, -0.25) is 0 Å². The number of methoxy groups -OCH3 is 1. The van der Waals surface area contributed by atoms with E-state index in [4.69, 9.17) is 26.1 Å². The van der Waals surface area contributed by atoms with Crippen molar-refractivity contribution in [1.29, 1.82) is 0 Å². The van der Waals surface area contributed by atoms with Gasteiger partial charge in [0.25, 0.3) is 0 Å². The van der Waals surface area contributed by atoms with Crippen LogP contribution in [-0.2, 0) is 11.2 Å². The highest BCUT2D eigenvalue weighted by atomic mass is 35.5. The summed E-state index contributed by atoms with van der Waals surface area (Å²) in [6.45, 7) is 3.97. The maximum atomic E-state index is 12.5. The largest absolute Gasteiger partial charge is 0.495 e. The van der Waals surface area contributed by atoms with E-state index in [9.17, 15) is 4.79 Å². The van der Waals surface area contributed by atoms with Crippen LogP contribution in [0.1, 0.15) is 34.4 Å². The number of imidazole rings is 1. The first-order chi connectivity index (χ1) is 16.0. The predicted octanol–water partition coefficient (Wildman–Crippen LogP) is 5.07. The molecule has 0 N–H and O–H groups in total. The number of carbonyl (C=O) groups excluding carboxylic acids is 1. The van der Waals surface area contributed by atoms with Crippen molar-refractivity contribution < 1.29 is 14.3 Å². The second-order valence-corrected chi connectivity index (χ2v) is 7.82. The van der Waals surface area contributed by atoms with Crippen LogP contribution in [0.4, 0.5) is 0 Å². The molecule has 2 aromatic heterocycles. The SMILES string of the molecule is CCOC(=O)c1cnc(Cc2ccc(-n3cnc(C)c3)c(OC)c2)nc1-c1ccc(Cl)cc1. The van der Waals surface area contributed by atoms with E-state index in [1.165, 1.54) is 6.20 Å². The average molecular weight is 463 g/mol. The number of halogens is 1. The van der Waals surface area contributed by atoms with Crippen molar-refractivity contribution in [3.63, 3.8) is 0 Å². The van der Waals surface area contributed by atoms with Crippen molar-refractivity contribution in [1.82, 2.24) is 19.5 Å². The molecule has 0 aliphatic carbocycles. The summed E-state index contributed by atoms with van der Waals surface area (Å²) in [7, 11) is 1.63. The van der Waals surface area contributed by atoms with Gasteiger partial charge < -0.3 is 14.0 Å². The van der Waals surface area contributed by atoms with Gasteiger partial charge in [0.2, 0.25) is 0 Å². The Morgan fingerprint density at radius 1 is 1.12 bits per heavy atom. The minimum Gasteiger partial charge on any atom is -0.495 e. The van der Waals surface area contributed by atoms with Crippen molar-refractivity contribution in [3.05, 3.63) is 88.9 Å². The number of esters is 1. The summed E-state index contributed by atoms with van der Waals surface area (Å²) in [6.07, 6.45) is 5.67. The summed E-state index contributed by atoms with van der Waals surface area (Å²) < 4.78 is 12.7. The molecule has 0 saturated heterocycles. The zero-order valence-corrected chi connectivity index (χ0v) is 19.3. The Morgan fingerprint density at radius 2 is 1.91 bits per heavy atom. The number of hydrogen-bond acceptors (Lipinski definition) is 6. The zero-order chi connectivity index (χ0) is 23.4. The molecular formula is C25H23ClN4O3. The molecule has 0 fully saturated rings. The normalized spacial score (nSPS) is 10.8. The standard InChI is InChI=1S/C25H23ClN4O3/c1-4-33-25(31)20-13-27-23(29-24(20)18-6-8-19(26)9-7-18)12-17-5-10-21(22(11-17)32-3)30-14-16(2)28-15-30/h5-11,13-15H,4,12H2,1-3H3. The van der Waals surface area contributed by atoms with E-state index in [0.717, 1.165) is 22.5 Å². The van der Waals surface area contributed by atoms with Crippen LogP contribution in [0.25, 0.3) is 16.9 Å². The van der Waals surface area contributed by atoms with Crippen LogP contribution in [0.15, 0.2) is 61.2 Å². The molecule has 7 nitrogen and oxygen atoms in total.